The first-order chi connectivity index (χ1) is 10.7. The van der Waals surface area contributed by atoms with Gasteiger partial charge in [0.1, 0.15) is 17.3 Å². The maximum Gasteiger partial charge on any atom is 0.242 e. The lowest BCUT2D eigenvalue weighted by atomic mass is 10.1. The summed E-state index contributed by atoms with van der Waals surface area (Å²) in [5, 5.41) is 3.22. The van der Waals surface area contributed by atoms with Gasteiger partial charge in [-0.3, -0.25) is 0 Å². The minimum Gasteiger partial charge on any atom is -0.479 e. The molecule has 5 nitrogen and oxygen atoms in total. The first-order valence-electron chi connectivity index (χ1n) is 7.37. The van der Waals surface area contributed by atoms with Gasteiger partial charge in [-0.25, -0.2) is 9.37 Å². The molecule has 0 atom stereocenters. The van der Waals surface area contributed by atoms with E-state index >= 15 is 0 Å². The fourth-order valence-electron chi connectivity index (χ4n) is 2.26. The van der Waals surface area contributed by atoms with E-state index in [-0.39, 0.29) is 5.82 Å². The van der Waals surface area contributed by atoms with Crippen molar-refractivity contribution in [1.29, 1.82) is 0 Å². The van der Waals surface area contributed by atoms with Crippen LogP contribution in [-0.2, 0) is 6.42 Å². The number of hydrogen-bond acceptors (Lipinski definition) is 5. The summed E-state index contributed by atoms with van der Waals surface area (Å²) in [6.07, 6.45) is 2.98. The number of aromatic nitrogens is 2. The SMILES string of the molecule is COc1nc(C2CC2)nc(NCCc2ccc(F)cc2)c1N. The Bertz CT molecular complexity index is 656. The fraction of sp³-hybridized carbons (Fsp3) is 0.375. The predicted octanol–water partition coefficient (Wildman–Crippen LogP) is 2.74. The number of nitrogens with zero attached hydrogens (tertiary/aromatic N) is 2. The molecule has 6 heteroatoms. The first kappa shape index (κ1) is 14.6. The quantitative estimate of drug-likeness (QED) is 0.858. The molecule has 2 aromatic rings. The molecule has 1 saturated carbocycles. The van der Waals surface area contributed by atoms with Gasteiger partial charge in [0.2, 0.25) is 5.88 Å². The summed E-state index contributed by atoms with van der Waals surface area (Å²) >= 11 is 0. The van der Waals surface area contributed by atoms with Gasteiger partial charge in [0.15, 0.2) is 5.82 Å². The normalized spacial score (nSPS) is 13.9. The molecule has 3 N–H and O–H groups in total. The summed E-state index contributed by atoms with van der Waals surface area (Å²) in [6.45, 7) is 0.653. The van der Waals surface area contributed by atoms with Crippen molar-refractivity contribution in [3.8, 4) is 5.88 Å². The van der Waals surface area contributed by atoms with E-state index in [0.717, 1.165) is 30.7 Å². The number of nitrogens with two attached hydrogens (primary N) is 1. The number of hydrogen-bond donors (Lipinski definition) is 2. The number of ether oxygens (including phenoxy) is 1. The third kappa shape index (κ3) is 3.27. The van der Waals surface area contributed by atoms with Gasteiger partial charge in [0.25, 0.3) is 0 Å². The van der Waals surface area contributed by atoms with E-state index in [1.54, 1.807) is 19.2 Å². The van der Waals surface area contributed by atoms with Crippen molar-refractivity contribution in [3.05, 3.63) is 41.5 Å². The van der Waals surface area contributed by atoms with Crippen molar-refractivity contribution in [2.24, 2.45) is 0 Å². The third-order valence-electron chi connectivity index (χ3n) is 3.68. The summed E-state index contributed by atoms with van der Waals surface area (Å²) in [4.78, 5) is 8.85. The molecule has 0 amide bonds. The highest BCUT2D eigenvalue weighted by molar-refractivity contribution is 5.67. The fourth-order valence-corrected chi connectivity index (χ4v) is 2.26. The zero-order valence-corrected chi connectivity index (χ0v) is 12.5. The summed E-state index contributed by atoms with van der Waals surface area (Å²) in [5.74, 6) is 2.01. The van der Waals surface area contributed by atoms with Crippen LogP contribution in [0.3, 0.4) is 0 Å². The van der Waals surface area contributed by atoms with E-state index < -0.39 is 0 Å². The van der Waals surface area contributed by atoms with Crippen molar-refractivity contribution in [2.45, 2.75) is 25.2 Å². The second-order valence-corrected chi connectivity index (χ2v) is 5.43. The Morgan fingerprint density at radius 2 is 2.00 bits per heavy atom. The van der Waals surface area contributed by atoms with Crippen LogP contribution in [0.4, 0.5) is 15.9 Å². The molecule has 1 aliphatic rings. The highest BCUT2D eigenvalue weighted by Gasteiger charge is 2.28. The van der Waals surface area contributed by atoms with Gasteiger partial charge >= 0.3 is 0 Å². The van der Waals surface area contributed by atoms with E-state index in [1.165, 1.54) is 12.1 Å². The molecule has 1 aromatic carbocycles. The Morgan fingerprint density at radius 1 is 1.27 bits per heavy atom. The molecule has 116 valence electrons. The number of benzene rings is 1. The first-order valence-corrected chi connectivity index (χ1v) is 7.37. The average Bonchev–Trinajstić information content (AvgIpc) is 3.36. The number of halogens is 1. The number of methoxy groups -OCH3 is 1. The Balaban J connectivity index is 1.68. The predicted molar refractivity (Wildman–Crippen MR) is 83.6 cm³/mol. The van der Waals surface area contributed by atoms with Gasteiger partial charge in [-0.15, -0.1) is 0 Å². The summed E-state index contributed by atoms with van der Waals surface area (Å²) in [7, 11) is 1.55. The zero-order chi connectivity index (χ0) is 15.5. The lowest BCUT2D eigenvalue weighted by Gasteiger charge is -2.12. The molecule has 0 unspecified atom stereocenters. The molecule has 0 bridgehead atoms. The minimum atomic E-state index is -0.226. The lowest BCUT2D eigenvalue weighted by Crippen LogP contribution is -2.12. The molecule has 0 radical (unpaired) electrons. The van der Waals surface area contributed by atoms with Gasteiger partial charge in [-0.05, 0) is 37.0 Å². The van der Waals surface area contributed by atoms with Gasteiger partial charge < -0.3 is 15.8 Å². The maximum absolute atomic E-state index is 12.9. The largest absolute Gasteiger partial charge is 0.479 e. The van der Waals surface area contributed by atoms with Crippen molar-refractivity contribution in [1.82, 2.24) is 9.97 Å². The Labute approximate surface area is 128 Å². The number of nitrogen functional groups attached to an aromatic ring is 1. The van der Waals surface area contributed by atoms with Crippen LogP contribution in [0.2, 0.25) is 0 Å². The monoisotopic (exact) mass is 302 g/mol. The van der Waals surface area contributed by atoms with Crippen molar-refractivity contribution >= 4 is 11.5 Å². The van der Waals surface area contributed by atoms with Gasteiger partial charge in [0, 0.05) is 12.5 Å². The minimum absolute atomic E-state index is 0.226. The second kappa shape index (κ2) is 6.17. The number of nitrogens with one attached hydrogen (secondary N) is 1. The van der Waals surface area contributed by atoms with E-state index in [2.05, 4.69) is 15.3 Å². The average molecular weight is 302 g/mol. The van der Waals surface area contributed by atoms with Crippen LogP contribution >= 0.6 is 0 Å². The smallest absolute Gasteiger partial charge is 0.242 e. The molecule has 22 heavy (non-hydrogen) atoms. The highest BCUT2D eigenvalue weighted by Crippen LogP contribution is 2.40. The van der Waals surface area contributed by atoms with E-state index in [0.29, 0.717) is 29.8 Å². The molecule has 1 heterocycles. The van der Waals surface area contributed by atoms with E-state index in [1.807, 2.05) is 0 Å². The molecule has 1 fully saturated rings. The lowest BCUT2D eigenvalue weighted by molar-refractivity contribution is 0.397. The second-order valence-electron chi connectivity index (χ2n) is 5.43. The number of anilines is 2. The van der Waals surface area contributed by atoms with Crippen LogP contribution in [-0.4, -0.2) is 23.6 Å². The maximum atomic E-state index is 12.9. The summed E-state index contributed by atoms with van der Waals surface area (Å²) in [5.41, 5.74) is 7.49. The molecule has 0 aliphatic heterocycles. The molecule has 3 rings (SSSR count). The highest BCUT2D eigenvalue weighted by atomic mass is 19.1. The molecular formula is C16H19FN4O. The van der Waals surface area contributed by atoms with Crippen molar-refractivity contribution in [3.63, 3.8) is 0 Å². The standard InChI is InChI=1S/C16H19FN4O/c1-22-16-13(18)15(20-14(21-16)11-4-5-11)19-9-8-10-2-6-12(17)7-3-10/h2-3,6-7,11H,4-5,8-9,18H2,1H3,(H,19,20,21). The molecule has 1 aromatic heterocycles. The molecule has 0 saturated heterocycles. The topological polar surface area (TPSA) is 73.1 Å². The Morgan fingerprint density at radius 3 is 2.64 bits per heavy atom. The Kier molecular flexibility index (Phi) is 4.09. The van der Waals surface area contributed by atoms with Gasteiger partial charge in [-0.2, -0.15) is 4.98 Å². The summed E-state index contributed by atoms with van der Waals surface area (Å²) in [6, 6.07) is 6.47. The third-order valence-corrected chi connectivity index (χ3v) is 3.68. The Hall–Kier alpha value is -2.37. The van der Waals surface area contributed by atoms with Crippen LogP contribution < -0.4 is 15.8 Å². The molecular weight excluding hydrogens is 283 g/mol. The zero-order valence-electron chi connectivity index (χ0n) is 12.5. The van der Waals surface area contributed by atoms with Crippen LogP contribution in [0.5, 0.6) is 5.88 Å². The van der Waals surface area contributed by atoms with E-state index in [4.69, 9.17) is 10.5 Å². The number of rotatable bonds is 6. The summed E-state index contributed by atoms with van der Waals surface area (Å²) < 4.78 is 18.1. The van der Waals surface area contributed by atoms with Crippen molar-refractivity contribution < 1.29 is 9.13 Å². The van der Waals surface area contributed by atoms with Gasteiger partial charge in [-0.1, -0.05) is 12.1 Å². The van der Waals surface area contributed by atoms with Crippen LogP contribution in [0.15, 0.2) is 24.3 Å². The molecule has 1 aliphatic carbocycles. The van der Waals surface area contributed by atoms with E-state index in [9.17, 15) is 4.39 Å². The van der Waals surface area contributed by atoms with Gasteiger partial charge in [0.05, 0.1) is 7.11 Å². The molecule has 0 spiro atoms. The van der Waals surface area contributed by atoms with Crippen molar-refractivity contribution in [2.75, 3.05) is 24.7 Å². The van der Waals surface area contributed by atoms with Crippen LogP contribution in [0.25, 0.3) is 0 Å². The van der Waals surface area contributed by atoms with Crippen LogP contribution in [0, 0.1) is 5.82 Å². The van der Waals surface area contributed by atoms with Crippen LogP contribution in [0.1, 0.15) is 30.1 Å².